The van der Waals surface area contributed by atoms with Gasteiger partial charge in [0.05, 0.1) is 19.3 Å². The van der Waals surface area contributed by atoms with E-state index in [9.17, 15) is 35.7 Å². The topological polar surface area (TPSA) is 202 Å². The summed E-state index contributed by atoms with van der Waals surface area (Å²) in [5.74, 6) is 0. The molecule has 178 valence electrons. The van der Waals surface area contributed by atoms with Gasteiger partial charge in [0.1, 0.15) is 48.8 Å². The summed E-state index contributed by atoms with van der Waals surface area (Å²) < 4.78 is 16.5. The van der Waals surface area contributed by atoms with E-state index < -0.39 is 74.4 Å². The Balaban J connectivity index is 2.02. The van der Waals surface area contributed by atoms with E-state index in [1.165, 1.54) is 0 Å². The molecule has 2 saturated heterocycles. The molecule has 0 spiro atoms. The number of rotatable bonds is 10. The normalized spacial score (nSPS) is 43.5. The molecule has 0 aromatic rings. The van der Waals surface area contributed by atoms with Gasteiger partial charge >= 0.3 is 0 Å². The molecule has 9 N–H and O–H groups in total. The molecule has 0 aliphatic carbocycles. The minimum absolute atomic E-state index is 0.0462. The molecule has 11 atom stereocenters. The van der Waals surface area contributed by atoms with Crippen LogP contribution in [0.15, 0.2) is 0 Å². The zero-order valence-electron chi connectivity index (χ0n) is 16.9. The van der Waals surface area contributed by atoms with Gasteiger partial charge in [0.25, 0.3) is 0 Å². The monoisotopic (exact) mass is 441 g/mol. The van der Waals surface area contributed by atoms with Gasteiger partial charge in [-0.3, -0.25) is 0 Å². The average Bonchev–Trinajstić information content (AvgIpc) is 2.73. The first-order chi connectivity index (χ1) is 14.2. The minimum atomic E-state index is -1.69. The molecule has 1 unspecified atom stereocenters. The predicted molar refractivity (Wildman–Crippen MR) is 100 cm³/mol. The molecule has 2 fully saturated rings. The Bertz CT molecular complexity index is 497. The van der Waals surface area contributed by atoms with Crippen molar-refractivity contribution < 1.29 is 55.1 Å². The number of aliphatic hydroxyl groups is 8. The smallest absolute Gasteiger partial charge is 0.187 e. The van der Waals surface area contributed by atoms with Crippen molar-refractivity contribution in [3.63, 3.8) is 0 Å². The second kappa shape index (κ2) is 11.9. The summed E-state index contributed by atoms with van der Waals surface area (Å²) in [6.07, 6.45) is -12.9. The molecule has 0 aromatic carbocycles. The fourth-order valence-corrected chi connectivity index (χ4v) is 3.72. The van der Waals surface area contributed by atoms with Gasteiger partial charge in [-0.15, -0.1) is 0 Å². The van der Waals surface area contributed by atoms with Gasteiger partial charge in [-0.25, -0.2) is 0 Å². The second-order valence-electron chi connectivity index (χ2n) is 7.84. The van der Waals surface area contributed by atoms with E-state index >= 15 is 0 Å². The SMILES string of the molecule is CC(C[C@@H]1O[C@H](CO)[C@@H](O[C@@H]2O[C@H](CO)[C@H](O)[C@H](O)[C@H]2O)[C@H](O)[C@H]1O)NCCCO. The van der Waals surface area contributed by atoms with Crippen LogP contribution in [-0.4, -0.2) is 134 Å². The Kier molecular flexibility index (Phi) is 10.3. The van der Waals surface area contributed by atoms with E-state index in [4.69, 9.17) is 19.3 Å². The van der Waals surface area contributed by atoms with Crippen molar-refractivity contribution in [1.82, 2.24) is 5.32 Å². The van der Waals surface area contributed by atoms with Gasteiger partial charge in [-0.2, -0.15) is 0 Å². The first-order valence-corrected chi connectivity index (χ1v) is 10.2. The lowest BCUT2D eigenvalue weighted by molar-refractivity contribution is -0.342. The zero-order valence-corrected chi connectivity index (χ0v) is 16.9. The molecule has 2 aliphatic heterocycles. The first-order valence-electron chi connectivity index (χ1n) is 10.2. The van der Waals surface area contributed by atoms with Crippen LogP contribution in [0, 0.1) is 0 Å². The largest absolute Gasteiger partial charge is 0.396 e. The van der Waals surface area contributed by atoms with E-state index in [1.54, 1.807) is 0 Å². The van der Waals surface area contributed by atoms with Crippen molar-refractivity contribution in [1.29, 1.82) is 0 Å². The van der Waals surface area contributed by atoms with Crippen LogP contribution in [0.2, 0.25) is 0 Å². The molecule has 12 heteroatoms. The number of hydrogen-bond donors (Lipinski definition) is 9. The van der Waals surface area contributed by atoms with Crippen LogP contribution >= 0.6 is 0 Å². The molecule has 0 radical (unpaired) electrons. The first kappa shape index (κ1) is 25.8. The minimum Gasteiger partial charge on any atom is -0.396 e. The molecule has 0 aromatic heterocycles. The highest BCUT2D eigenvalue weighted by molar-refractivity contribution is 4.96. The summed E-state index contributed by atoms with van der Waals surface area (Å²) in [5.41, 5.74) is 0. The fraction of sp³-hybridized carbons (Fsp3) is 1.00. The molecule has 2 aliphatic rings. The third kappa shape index (κ3) is 6.06. The maximum Gasteiger partial charge on any atom is 0.187 e. The molecule has 2 heterocycles. The Morgan fingerprint density at radius 2 is 1.43 bits per heavy atom. The molecule has 0 bridgehead atoms. The van der Waals surface area contributed by atoms with Crippen LogP contribution in [0.25, 0.3) is 0 Å². The maximum absolute atomic E-state index is 10.6. The molecule has 0 saturated carbocycles. The third-order valence-corrected chi connectivity index (χ3v) is 5.52. The quantitative estimate of drug-likeness (QED) is 0.147. The molecule has 12 nitrogen and oxygen atoms in total. The summed E-state index contributed by atoms with van der Waals surface area (Å²) in [5, 5.41) is 81.9. The van der Waals surface area contributed by atoms with Gasteiger partial charge in [0, 0.05) is 12.6 Å². The fourth-order valence-electron chi connectivity index (χ4n) is 3.72. The van der Waals surface area contributed by atoms with E-state index in [1.807, 2.05) is 6.92 Å². The van der Waals surface area contributed by atoms with Crippen LogP contribution < -0.4 is 5.32 Å². The number of nitrogens with one attached hydrogen (secondary N) is 1. The van der Waals surface area contributed by atoms with Crippen LogP contribution in [0.5, 0.6) is 0 Å². The summed E-state index contributed by atoms with van der Waals surface area (Å²) in [4.78, 5) is 0. The maximum atomic E-state index is 10.6. The average molecular weight is 441 g/mol. The Morgan fingerprint density at radius 1 is 0.800 bits per heavy atom. The van der Waals surface area contributed by atoms with Crippen LogP contribution in [0.3, 0.4) is 0 Å². The van der Waals surface area contributed by atoms with Crippen LogP contribution in [-0.2, 0) is 14.2 Å². The van der Waals surface area contributed by atoms with E-state index in [-0.39, 0.29) is 12.6 Å². The molecule has 30 heavy (non-hydrogen) atoms. The van der Waals surface area contributed by atoms with E-state index in [0.29, 0.717) is 19.4 Å². The molecular weight excluding hydrogens is 406 g/mol. The van der Waals surface area contributed by atoms with Crippen molar-refractivity contribution in [3.8, 4) is 0 Å². The van der Waals surface area contributed by atoms with Crippen molar-refractivity contribution >= 4 is 0 Å². The number of hydrogen-bond acceptors (Lipinski definition) is 12. The molecular formula is C18H35NO11. The number of aliphatic hydroxyl groups excluding tert-OH is 8. The van der Waals surface area contributed by atoms with Crippen molar-refractivity contribution in [2.45, 2.75) is 87.0 Å². The summed E-state index contributed by atoms with van der Waals surface area (Å²) >= 11 is 0. The predicted octanol–water partition coefficient (Wildman–Crippen LogP) is -4.60. The van der Waals surface area contributed by atoms with E-state index in [0.717, 1.165) is 0 Å². The lowest BCUT2D eigenvalue weighted by Gasteiger charge is -2.46. The lowest BCUT2D eigenvalue weighted by atomic mass is 9.91. The number of ether oxygens (including phenoxy) is 3. The van der Waals surface area contributed by atoms with E-state index in [2.05, 4.69) is 5.32 Å². The highest BCUT2D eigenvalue weighted by atomic mass is 16.7. The van der Waals surface area contributed by atoms with Gasteiger partial charge in [0.15, 0.2) is 6.29 Å². The van der Waals surface area contributed by atoms with Crippen molar-refractivity contribution in [3.05, 3.63) is 0 Å². The zero-order chi connectivity index (χ0) is 22.4. The summed E-state index contributed by atoms with van der Waals surface area (Å²) in [6, 6.07) is -0.106. The highest BCUT2D eigenvalue weighted by Crippen LogP contribution is 2.30. The second-order valence-corrected chi connectivity index (χ2v) is 7.84. The summed E-state index contributed by atoms with van der Waals surface area (Å²) in [6.45, 7) is 1.25. The lowest BCUT2D eigenvalue weighted by Crippen LogP contribution is -2.64. The molecule has 0 amide bonds. The van der Waals surface area contributed by atoms with Crippen LogP contribution in [0.1, 0.15) is 19.8 Å². The standard InChI is InChI=1S/C18H35NO11/c1-8(19-3-2-4-20)5-9-12(23)15(26)17(11(7-22)28-9)30-18-16(27)14(25)13(24)10(6-21)29-18/h8-27H,2-7H2,1H3/t8?,9-,10+,11+,12-,13-,14-,15+,16+,17+,18-/m0/s1. The molecule has 2 rings (SSSR count). The van der Waals surface area contributed by atoms with Gasteiger partial charge in [0.2, 0.25) is 0 Å². The summed E-state index contributed by atoms with van der Waals surface area (Å²) in [7, 11) is 0. The van der Waals surface area contributed by atoms with Crippen LogP contribution in [0.4, 0.5) is 0 Å². The Labute approximate surface area is 174 Å². The Hall–Kier alpha value is -0.480. The van der Waals surface area contributed by atoms with Gasteiger partial charge < -0.3 is 60.4 Å². The highest BCUT2D eigenvalue weighted by Gasteiger charge is 2.50. The van der Waals surface area contributed by atoms with Gasteiger partial charge in [-0.1, -0.05) is 0 Å². The van der Waals surface area contributed by atoms with Gasteiger partial charge in [-0.05, 0) is 26.3 Å². The van der Waals surface area contributed by atoms with Crippen molar-refractivity contribution in [2.24, 2.45) is 0 Å². The Morgan fingerprint density at radius 3 is 2.03 bits per heavy atom. The van der Waals surface area contributed by atoms with Crippen molar-refractivity contribution in [2.75, 3.05) is 26.4 Å². The third-order valence-electron chi connectivity index (χ3n) is 5.52.